The number of primary sulfonamides is 1. The van der Waals surface area contributed by atoms with Gasteiger partial charge in [-0.05, 0) is 37.3 Å². The van der Waals surface area contributed by atoms with Gasteiger partial charge >= 0.3 is 0 Å². The van der Waals surface area contributed by atoms with Crippen LogP contribution < -0.4 is 10.5 Å². The summed E-state index contributed by atoms with van der Waals surface area (Å²) in [5, 5.41) is 8.60. The van der Waals surface area contributed by atoms with Crippen molar-refractivity contribution in [1.82, 2.24) is 14.9 Å². The Bertz CT molecular complexity index is 1040. The van der Waals surface area contributed by atoms with E-state index in [9.17, 15) is 13.2 Å². The summed E-state index contributed by atoms with van der Waals surface area (Å²) in [5.74, 6) is 0.697. The average Bonchev–Trinajstić information content (AvgIpc) is 3.20. The molecule has 3 aromatic rings. The quantitative estimate of drug-likeness (QED) is 0.615. The molecule has 0 saturated carbocycles. The van der Waals surface area contributed by atoms with Crippen LogP contribution in [0.3, 0.4) is 0 Å². The number of carbonyl (C=O) groups excluding carboxylic acids is 1. The number of sulfonamides is 1. The summed E-state index contributed by atoms with van der Waals surface area (Å²) in [6.45, 7) is 1.84. The summed E-state index contributed by atoms with van der Waals surface area (Å²) in [4.78, 5) is 16.5. The van der Waals surface area contributed by atoms with Gasteiger partial charge in [0.25, 0.3) is 0 Å². The molecule has 8 nitrogen and oxygen atoms in total. The summed E-state index contributed by atoms with van der Waals surface area (Å²) in [5.41, 5.74) is 1.26. The van der Waals surface area contributed by atoms with Crippen molar-refractivity contribution < 1.29 is 17.6 Å². The van der Waals surface area contributed by atoms with E-state index in [2.05, 4.69) is 10.3 Å². The third kappa shape index (κ3) is 3.92. The molecule has 0 spiro atoms. The van der Waals surface area contributed by atoms with Gasteiger partial charge in [-0.15, -0.1) is 0 Å². The first-order valence-corrected chi connectivity index (χ1v) is 10.2. The summed E-state index contributed by atoms with van der Waals surface area (Å²) < 4.78 is 30.0. The number of benzene rings is 1. The van der Waals surface area contributed by atoms with Crippen LogP contribution in [0.15, 0.2) is 51.1 Å². The molecule has 26 heavy (non-hydrogen) atoms. The third-order valence-corrected chi connectivity index (χ3v) is 5.76. The van der Waals surface area contributed by atoms with Crippen LogP contribution in [0.25, 0.3) is 11.0 Å². The summed E-state index contributed by atoms with van der Waals surface area (Å²) >= 11 is 1.26. The fourth-order valence-electron chi connectivity index (χ4n) is 2.49. The Labute approximate surface area is 154 Å². The maximum atomic E-state index is 12.1. The lowest BCUT2D eigenvalue weighted by Gasteiger charge is -2.11. The summed E-state index contributed by atoms with van der Waals surface area (Å²) in [6.07, 6.45) is 1.56. The molecule has 0 bridgehead atoms. The molecule has 0 aliphatic carbocycles. The highest BCUT2D eigenvalue weighted by Gasteiger charge is 2.16. The van der Waals surface area contributed by atoms with Gasteiger partial charge < -0.3 is 14.3 Å². The molecule has 0 fully saturated rings. The lowest BCUT2D eigenvalue weighted by Crippen LogP contribution is -2.28. The van der Waals surface area contributed by atoms with Crippen LogP contribution in [0.5, 0.6) is 0 Å². The molecule has 2 heterocycles. The van der Waals surface area contributed by atoms with E-state index in [-0.39, 0.29) is 22.6 Å². The number of thioether (sulfide) groups is 1. The van der Waals surface area contributed by atoms with Crippen molar-refractivity contribution in [3.63, 3.8) is 0 Å². The lowest BCUT2D eigenvalue weighted by molar-refractivity contribution is -0.119. The number of nitrogens with two attached hydrogens (primary N) is 1. The number of hydrogen-bond donors (Lipinski definition) is 2. The highest BCUT2D eigenvalue weighted by Crippen LogP contribution is 2.25. The molecule has 10 heteroatoms. The van der Waals surface area contributed by atoms with Crippen LogP contribution in [0.1, 0.15) is 18.7 Å². The minimum Gasteiger partial charge on any atom is -0.467 e. The van der Waals surface area contributed by atoms with E-state index in [0.717, 1.165) is 5.52 Å². The fourth-order valence-corrected chi connectivity index (χ4v) is 3.82. The molecule has 1 unspecified atom stereocenters. The van der Waals surface area contributed by atoms with E-state index >= 15 is 0 Å². The Balaban J connectivity index is 1.70. The molecule has 3 N–H and O–H groups in total. The van der Waals surface area contributed by atoms with Gasteiger partial charge in [0, 0.05) is 7.05 Å². The molecule has 0 aliphatic heterocycles. The zero-order chi connectivity index (χ0) is 18.9. The van der Waals surface area contributed by atoms with Crippen LogP contribution >= 0.6 is 11.8 Å². The van der Waals surface area contributed by atoms with Gasteiger partial charge in [0.05, 0.1) is 34.0 Å². The van der Waals surface area contributed by atoms with Gasteiger partial charge in [-0.25, -0.2) is 18.5 Å². The number of hydrogen-bond acceptors (Lipinski definition) is 6. The second-order valence-electron chi connectivity index (χ2n) is 5.74. The standard InChI is InChI=1S/C16H18N4O4S2/c1-10(14-4-3-7-24-14)18-15(21)9-25-16-19-12-8-11(26(17,22)23)5-6-13(12)20(16)2/h3-8,10H,9H2,1-2H3,(H,18,21)(H2,17,22,23). The predicted molar refractivity (Wildman–Crippen MR) is 98.1 cm³/mol. The Kier molecular flexibility index (Phi) is 5.08. The molecule has 0 aliphatic rings. The molecular formula is C16H18N4O4S2. The number of rotatable bonds is 6. The van der Waals surface area contributed by atoms with Crippen LogP contribution in [0.2, 0.25) is 0 Å². The molecule has 3 rings (SSSR count). The van der Waals surface area contributed by atoms with Crippen molar-refractivity contribution in [1.29, 1.82) is 0 Å². The minimum atomic E-state index is -3.79. The molecule has 138 valence electrons. The Morgan fingerprint density at radius 3 is 2.85 bits per heavy atom. The summed E-state index contributed by atoms with van der Waals surface area (Å²) in [6, 6.07) is 7.84. The molecule has 2 aromatic heterocycles. The maximum absolute atomic E-state index is 12.1. The zero-order valence-electron chi connectivity index (χ0n) is 14.2. The number of fused-ring (bicyclic) bond motifs is 1. The number of nitrogens with zero attached hydrogens (tertiary/aromatic N) is 2. The molecule has 0 radical (unpaired) electrons. The molecular weight excluding hydrogens is 376 g/mol. The van der Waals surface area contributed by atoms with Crippen molar-refractivity contribution >= 4 is 38.7 Å². The number of aromatic nitrogens is 2. The Morgan fingerprint density at radius 2 is 2.19 bits per heavy atom. The molecule has 1 amide bonds. The van der Waals surface area contributed by atoms with Crippen molar-refractivity contribution in [3.05, 3.63) is 42.4 Å². The zero-order valence-corrected chi connectivity index (χ0v) is 15.8. The highest BCUT2D eigenvalue weighted by atomic mass is 32.2. The van der Waals surface area contributed by atoms with E-state index in [1.807, 2.05) is 6.92 Å². The van der Waals surface area contributed by atoms with Gasteiger partial charge in [0.1, 0.15) is 5.76 Å². The molecule has 1 atom stereocenters. The molecule has 1 aromatic carbocycles. The first kappa shape index (κ1) is 18.5. The van der Waals surface area contributed by atoms with Crippen LogP contribution in [0.4, 0.5) is 0 Å². The second kappa shape index (κ2) is 7.14. The van der Waals surface area contributed by atoms with Gasteiger partial charge in [-0.2, -0.15) is 0 Å². The van der Waals surface area contributed by atoms with Crippen LogP contribution in [-0.4, -0.2) is 29.6 Å². The minimum absolute atomic E-state index is 0.00432. The smallest absolute Gasteiger partial charge is 0.238 e. The van der Waals surface area contributed by atoms with E-state index in [1.54, 1.807) is 36.1 Å². The summed E-state index contributed by atoms with van der Waals surface area (Å²) in [7, 11) is -1.98. The number of aryl methyl sites for hydroxylation is 1. The predicted octanol–water partition coefficient (Wildman–Crippen LogP) is 1.78. The van der Waals surface area contributed by atoms with Gasteiger partial charge in [-0.3, -0.25) is 4.79 Å². The van der Waals surface area contributed by atoms with E-state index in [4.69, 9.17) is 9.56 Å². The monoisotopic (exact) mass is 394 g/mol. The van der Waals surface area contributed by atoms with Crippen LogP contribution in [0, 0.1) is 0 Å². The fraction of sp³-hybridized carbons (Fsp3) is 0.250. The largest absolute Gasteiger partial charge is 0.467 e. The van der Waals surface area contributed by atoms with E-state index in [0.29, 0.717) is 16.4 Å². The average molecular weight is 394 g/mol. The highest BCUT2D eigenvalue weighted by molar-refractivity contribution is 7.99. The number of carbonyl (C=O) groups is 1. The van der Waals surface area contributed by atoms with Gasteiger partial charge in [0.15, 0.2) is 5.16 Å². The first-order chi connectivity index (χ1) is 12.3. The molecule has 0 saturated heterocycles. The van der Waals surface area contributed by atoms with E-state index in [1.165, 1.54) is 23.9 Å². The third-order valence-electron chi connectivity index (χ3n) is 3.82. The number of imidazole rings is 1. The van der Waals surface area contributed by atoms with Gasteiger partial charge in [-0.1, -0.05) is 11.8 Å². The number of amides is 1. The number of furan rings is 1. The Hall–Kier alpha value is -2.30. The van der Waals surface area contributed by atoms with Gasteiger partial charge in [0.2, 0.25) is 15.9 Å². The topological polar surface area (TPSA) is 120 Å². The van der Waals surface area contributed by atoms with Crippen molar-refractivity contribution in [2.75, 3.05) is 5.75 Å². The number of nitrogens with one attached hydrogen (secondary N) is 1. The van der Waals surface area contributed by atoms with Crippen molar-refractivity contribution in [2.45, 2.75) is 23.0 Å². The van der Waals surface area contributed by atoms with Crippen LogP contribution in [-0.2, 0) is 21.9 Å². The van der Waals surface area contributed by atoms with E-state index < -0.39 is 10.0 Å². The normalized spacial score (nSPS) is 13.0. The Morgan fingerprint density at radius 1 is 1.42 bits per heavy atom. The lowest BCUT2D eigenvalue weighted by atomic mass is 10.2. The van der Waals surface area contributed by atoms with Crippen molar-refractivity contribution in [3.8, 4) is 0 Å². The van der Waals surface area contributed by atoms with Crippen molar-refractivity contribution in [2.24, 2.45) is 12.2 Å². The SMILES string of the molecule is CC(NC(=O)CSc1nc2cc(S(N)(=O)=O)ccc2n1C)c1ccco1. The second-order valence-corrected chi connectivity index (χ2v) is 8.25. The maximum Gasteiger partial charge on any atom is 0.238 e. The first-order valence-electron chi connectivity index (χ1n) is 7.70.